The van der Waals surface area contributed by atoms with Crippen LogP contribution in [0.4, 0.5) is 10.1 Å². The monoisotopic (exact) mass is 435 g/mol. The van der Waals surface area contributed by atoms with Gasteiger partial charge in [-0.25, -0.2) is 4.39 Å². The number of nitrogens with one attached hydrogen (secondary N) is 1. The Labute approximate surface area is 178 Å². The number of carbonyl (C=O) groups is 1. The standard InChI is InChI=1S/C21H23ClFN3O4/c1-13-10-15(26(28)29)6-7-16(13)21(27)24-11-19(25-8-9-30-14(2)12-25)20-17(22)4-3-5-18(20)23/h3-7,10,14,19H,8-9,11-12H2,1-2H3,(H,24,27). The average Bonchev–Trinajstić information content (AvgIpc) is 2.69. The van der Waals surface area contributed by atoms with Crippen LogP contribution in [0.1, 0.15) is 34.5 Å². The summed E-state index contributed by atoms with van der Waals surface area (Å²) in [6, 6.07) is 8.09. The number of hydrogen-bond donors (Lipinski definition) is 1. The Kier molecular flexibility index (Phi) is 7.02. The van der Waals surface area contributed by atoms with Crippen LogP contribution in [0.3, 0.4) is 0 Å². The van der Waals surface area contributed by atoms with E-state index < -0.39 is 16.8 Å². The molecule has 1 aliphatic heterocycles. The molecule has 0 radical (unpaired) electrons. The number of nitro groups is 1. The van der Waals surface area contributed by atoms with E-state index in [0.29, 0.717) is 41.4 Å². The highest BCUT2D eigenvalue weighted by atomic mass is 35.5. The highest BCUT2D eigenvalue weighted by molar-refractivity contribution is 6.31. The summed E-state index contributed by atoms with van der Waals surface area (Å²) in [7, 11) is 0. The normalized spacial score (nSPS) is 18.1. The molecule has 9 heteroatoms. The second-order valence-electron chi connectivity index (χ2n) is 7.29. The fourth-order valence-electron chi connectivity index (χ4n) is 3.67. The minimum absolute atomic E-state index is 0.0283. The summed E-state index contributed by atoms with van der Waals surface area (Å²) in [6.45, 7) is 5.34. The molecule has 1 N–H and O–H groups in total. The molecule has 160 valence electrons. The molecule has 0 saturated carbocycles. The number of ether oxygens (including phenoxy) is 1. The highest BCUT2D eigenvalue weighted by Gasteiger charge is 2.29. The molecule has 2 aromatic rings. The van der Waals surface area contributed by atoms with Gasteiger partial charge in [-0.2, -0.15) is 0 Å². The Morgan fingerprint density at radius 3 is 2.83 bits per heavy atom. The molecule has 2 atom stereocenters. The second-order valence-corrected chi connectivity index (χ2v) is 7.70. The van der Waals surface area contributed by atoms with Gasteiger partial charge in [0.05, 0.1) is 23.7 Å². The number of benzene rings is 2. The van der Waals surface area contributed by atoms with Gasteiger partial charge >= 0.3 is 0 Å². The first kappa shape index (κ1) is 22.1. The van der Waals surface area contributed by atoms with E-state index in [4.69, 9.17) is 16.3 Å². The van der Waals surface area contributed by atoms with Crippen molar-refractivity contribution in [2.75, 3.05) is 26.2 Å². The maximum absolute atomic E-state index is 14.7. The lowest BCUT2D eigenvalue weighted by atomic mass is 10.0. The molecule has 30 heavy (non-hydrogen) atoms. The first-order chi connectivity index (χ1) is 14.3. The van der Waals surface area contributed by atoms with Crippen molar-refractivity contribution in [3.63, 3.8) is 0 Å². The molecule has 0 aromatic heterocycles. The van der Waals surface area contributed by atoms with Crippen LogP contribution in [0.2, 0.25) is 5.02 Å². The van der Waals surface area contributed by atoms with Crippen molar-refractivity contribution in [1.29, 1.82) is 0 Å². The SMILES string of the molecule is Cc1cc([N+](=O)[O-])ccc1C(=O)NCC(c1c(F)cccc1Cl)N1CCOC(C)C1. The largest absolute Gasteiger partial charge is 0.376 e. The minimum Gasteiger partial charge on any atom is -0.376 e. The Morgan fingerprint density at radius 1 is 1.43 bits per heavy atom. The summed E-state index contributed by atoms with van der Waals surface area (Å²) in [5.41, 5.74) is 1.06. The zero-order chi connectivity index (χ0) is 21.8. The molecule has 1 saturated heterocycles. The Hall–Kier alpha value is -2.55. The highest BCUT2D eigenvalue weighted by Crippen LogP contribution is 2.31. The zero-order valence-electron chi connectivity index (χ0n) is 16.7. The molecule has 1 heterocycles. The van der Waals surface area contributed by atoms with Crippen LogP contribution < -0.4 is 5.32 Å². The van der Waals surface area contributed by atoms with Crippen molar-refractivity contribution in [2.24, 2.45) is 0 Å². The molecule has 3 rings (SSSR count). The Bertz CT molecular complexity index is 936. The van der Waals surface area contributed by atoms with E-state index in [1.54, 1.807) is 19.1 Å². The summed E-state index contributed by atoms with van der Waals surface area (Å²) >= 11 is 6.31. The lowest BCUT2D eigenvalue weighted by molar-refractivity contribution is -0.384. The van der Waals surface area contributed by atoms with Gasteiger partial charge < -0.3 is 10.1 Å². The second kappa shape index (κ2) is 9.51. The van der Waals surface area contributed by atoms with E-state index >= 15 is 0 Å². The number of nitro benzene ring substituents is 1. The predicted molar refractivity (Wildman–Crippen MR) is 111 cm³/mol. The van der Waals surface area contributed by atoms with Gasteiger partial charge in [0.25, 0.3) is 11.6 Å². The summed E-state index contributed by atoms with van der Waals surface area (Å²) in [4.78, 5) is 25.2. The molecule has 2 unspecified atom stereocenters. The molecule has 1 amide bonds. The van der Waals surface area contributed by atoms with Crippen LogP contribution >= 0.6 is 11.6 Å². The summed E-state index contributed by atoms with van der Waals surface area (Å²) < 4.78 is 20.3. The van der Waals surface area contributed by atoms with Gasteiger partial charge in [-0.05, 0) is 37.6 Å². The van der Waals surface area contributed by atoms with Gasteiger partial charge in [0, 0.05) is 47.9 Å². The van der Waals surface area contributed by atoms with E-state index in [-0.39, 0.29) is 24.2 Å². The van der Waals surface area contributed by atoms with Crippen LogP contribution in [0, 0.1) is 22.9 Å². The summed E-state index contributed by atoms with van der Waals surface area (Å²) in [5, 5.41) is 14.0. The third kappa shape index (κ3) is 4.95. The smallest absolute Gasteiger partial charge is 0.269 e. The van der Waals surface area contributed by atoms with Crippen molar-refractivity contribution >= 4 is 23.2 Å². The van der Waals surface area contributed by atoms with Gasteiger partial charge in [-0.1, -0.05) is 17.7 Å². The summed E-state index contributed by atoms with van der Waals surface area (Å²) in [5.74, 6) is -0.825. The topological polar surface area (TPSA) is 84.7 Å². The number of rotatable bonds is 6. The molecule has 0 spiro atoms. The summed E-state index contributed by atoms with van der Waals surface area (Å²) in [6.07, 6.45) is -0.0283. The molecular formula is C21H23ClFN3O4. The first-order valence-electron chi connectivity index (χ1n) is 9.60. The van der Waals surface area contributed by atoms with Crippen molar-refractivity contribution in [1.82, 2.24) is 10.2 Å². The lowest BCUT2D eigenvalue weighted by Crippen LogP contribution is -2.47. The molecule has 2 aromatic carbocycles. The molecule has 7 nitrogen and oxygen atoms in total. The van der Waals surface area contributed by atoms with E-state index in [1.807, 2.05) is 11.8 Å². The van der Waals surface area contributed by atoms with Gasteiger partial charge in [0.2, 0.25) is 0 Å². The fourth-order valence-corrected chi connectivity index (χ4v) is 3.96. The van der Waals surface area contributed by atoms with Crippen molar-refractivity contribution in [2.45, 2.75) is 26.0 Å². The molecule has 1 aliphatic rings. The van der Waals surface area contributed by atoms with Crippen LogP contribution in [-0.4, -0.2) is 48.1 Å². The maximum atomic E-state index is 14.7. The van der Waals surface area contributed by atoms with E-state index in [0.717, 1.165) is 0 Å². The maximum Gasteiger partial charge on any atom is 0.269 e. The van der Waals surface area contributed by atoms with E-state index in [1.165, 1.54) is 24.3 Å². The molecule has 1 fully saturated rings. The fraction of sp³-hybridized carbons (Fsp3) is 0.381. The van der Waals surface area contributed by atoms with Gasteiger partial charge in [0.15, 0.2) is 0 Å². The number of carbonyl (C=O) groups excluding carboxylic acids is 1. The Morgan fingerprint density at radius 2 is 2.20 bits per heavy atom. The van der Waals surface area contributed by atoms with E-state index in [9.17, 15) is 19.3 Å². The number of morpholine rings is 1. The number of halogens is 2. The zero-order valence-corrected chi connectivity index (χ0v) is 17.5. The lowest BCUT2D eigenvalue weighted by Gasteiger charge is -2.38. The number of nitrogens with zero attached hydrogens (tertiary/aromatic N) is 2. The van der Waals surface area contributed by atoms with Gasteiger partial charge in [-0.15, -0.1) is 0 Å². The van der Waals surface area contributed by atoms with Crippen LogP contribution in [-0.2, 0) is 4.74 Å². The van der Waals surface area contributed by atoms with Crippen LogP contribution in [0.25, 0.3) is 0 Å². The number of aryl methyl sites for hydroxylation is 1. The Balaban J connectivity index is 1.83. The number of non-ortho nitro benzene ring substituents is 1. The van der Waals surface area contributed by atoms with Crippen molar-refractivity contribution in [3.05, 3.63) is 74.0 Å². The van der Waals surface area contributed by atoms with Gasteiger partial charge in [-0.3, -0.25) is 19.8 Å². The van der Waals surface area contributed by atoms with E-state index in [2.05, 4.69) is 5.32 Å². The van der Waals surface area contributed by atoms with Gasteiger partial charge in [0.1, 0.15) is 5.82 Å². The minimum atomic E-state index is -0.509. The average molecular weight is 436 g/mol. The third-order valence-corrected chi connectivity index (χ3v) is 5.50. The quantitative estimate of drug-likeness (QED) is 0.549. The molecule has 0 bridgehead atoms. The number of hydrogen-bond acceptors (Lipinski definition) is 5. The third-order valence-electron chi connectivity index (χ3n) is 5.17. The number of amides is 1. The first-order valence-corrected chi connectivity index (χ1v) is 9.98. The predicted octanol–water partition coefficient (Wildman–Crippen LogP) is 3.89. The van der Waals surface area contributed by atoms with Crippen molar-refractivity contribution < 1.29 is 18.8 Å². The molecular weight excluding hydrogens is 413 g/mol. The van der Waals surface area contributed by atoms with Crippen molar-refractivity contribution in [3.8, 4) is 0 Å². The molecule has 0 aliphatic carbocycles. The van der Waals surface area contributed by atoms with Crippen LogP contribution in [0.5, 0.6) is 0 Å². The van der Waals surface area contributed by atoms with Crippen LogP contribution in [0.15, 0.2) is 36.4 Å².